The van der Waals surface area contributed by atoms with E-state index >= 15 is 0 Å². The van der Waals surface area contributed by atoms with Gasteiger partial charge in [0.15, 0.2) is 0 Å². The number of ketones is 1. The molecule has 0 saturated carbocycles. The van der Waals surface area contributed by atoms with Gasteiger partial charge < -0.3 is 4.90 Å². The highest BCUT2D eigenvalue weighted by molar-refractivity contribution is 6.38. The van der Waals surface area contributed by atoms with Gasteiger partial charge in [0.1, 0.15) is 11.9 Å². The quantitative estimate of drug-likeness (QED) is 0.791. The molecule has 6 heteroatoms. The number of aromatic nitrogens is 2. The second-order valence-corrected chi connectivity index (χ2v) is 7.54. The Morgan fingerprint density at radius 3 is 2.62 bits per heavy atom. The first-order valence-electron chi connectivity index (χ1n) is 9.11. The molecule has 1 fully saturated rings. The van der Waals surface area contributed by atoms with E-state index in [0.29, 0.717) is 31.6 Å². The highest BCUT2D eigenvalue weighted by Crippen LogP contribution is 2.27. The number of para-hydroxylation sites is 2. The topological polar surface area (TPSA) is 72.3 Å². The van der Waals surface area contributed by atoms with Crippen LogP contribution in [0.15, 0.2) is 24.3 Å². The molecule has 0 spiro atoms. The molecule has 1 atom stereocenters. The summed E-state index contributed by atoms with van der Waals surface area (Å²) in [5.74, 6) is -0.568. The predicted molar refractivity (Wildman–Crippen MR) is 98.9 cm³/mol. The SMILES string of the molecule is CCC(C)(C)C(=O)C(=O)N1CCCC1C(=O)n1c(C)nc2ccccc21. The number of likely N-dealkylation sites (tertiary alicyclic amines) is 1. The molecule has 2 aromatic rings. The van der Waals surface area contributed by atoms with Gasteiger partial charge in [-0.15, -0.1) is 0 Å². The fourth-order valence-corrected chi connectivity index (χ4v) is 3.42. The molecular formula is C20H25N3O3. The fraction of sp³-hybridized carbons (Fsp3) is 0.500. The maximum absolute atomic E-state index is 13.2. The summed E-state index contributed by atoms with van der Waals surface area (Å²) in [4.78, 5) is 44.5. The van der Waals surface area contributed by atoms with Crippen LogP contribution in [0.1, 0.15) is 50.7 Å². The van der Waals surface area contributed by atoms with Crippen LogP contribution in [0.5, 0.6) is 0 Å². The van der Waals surface area contributed by atoms with E-state index < -0.39 is 23.1 Å². The standard InChI is InChI=1S/C20H25N3O3/c1-5-20(3,4)17(24)19(26)22-12-8-11-16(22)18(25)23-13(2)21-14-9-6-7-10-15(14)23/h6-7,9-10,16H,5,8,11-12H2,1-4H3. The molecule has 1 aromatic heterocycles. The molecule has 138 valence electrons. The number of carbonyl (C=O) groups excluding carboxylic acids is 3. The van der Waals surface area contributed by atoms with Crippen molar-refractivity contribution in [2.24, 2.45) is 5.41 Å². The molecule has 1 aliphatic rings. The van der Waals surface area contributed by atoms with Gasteiger partial charge in [-0.05, 0) is 38.3 Å². The summed E-state index contributed by atoms with van der Waals surface area (Å²) >= 11 is 0. The zero-order valence-corrected chi connectivity index (χ0v) is 15.8. The Hall–Kier alpha value is -2.50. The minimum Gasteiger partial charge on any atom is -0.324 e. The Labute approximate surface area is 153 Å². The molecule has 2 heterocycles. The van der Waals surface area contributed by atoms with Gasteiger partial charge >= 0.3 is 0 Å². The first kappa shape index (κ1) is 18.3. The van der Waals surface area contributed by atoms with Crippen molar-refractivity contribution in [2.75, 3.05) is 6.54 Å². The van der Waals surface area contributed by atoms with Gasteiger partial charge in [-0.3, -0.25) is 19.0 Å². The van der Waals surface area contributed by atoms with Crippen molar-refractivity contribution >= 4 is 28.6 Å². The summed E-state index contributed by atoms with van der Waals surface area (Å²) in [6, 6.07) is 6.82. The smallest absolute Gasteiger partial charge is 0.291 e. The summed E-state index contributed by atoms with van der Waals surface area (Å²) in [5, 5.41) is 0. The molecule has 1 amide bonds. The molecule has 0 bridgehead atoms. The first-order valence-corrected chi connectivity index (χ1v) is 9.11. The molecule has 1 aromatic carbocycles. The highest BCUT2D eigenvalue weighted by Gasteiger charge is 2.41. The van der Waals surface area contributed by atoms with E-state index in [1.165, 1.54) is 4.90 Å². The van der Waals surface area contributed by atoms with Gasteiger partial charge in [-0.2, -0.15) is 0 Å². The Morgan fingerprint density at radius 1 is 1.23 bits per heavy atom. The van der Waals surface area contributed by atoms with Gasteiger partial charge in [-0.25, -0.2) is 4.98 Å². The Morgan fingerprint density at radius 2 is 1.92 bits per heavy atom. The monoisotopic (exact) mass is 355 g/mol. The fourth-order valence-electron chi connectivity index (χ4n) is 3.42. The lowest BCUT2D eigenvalue weighted by Crippen LogP contribution is -2.48. The third-order valence-corrected chi connectivity index (χ3v) is 5.44. The molecular weight excluding hydrogens is 330 g/mol. The van der Waals surface area contributed by atoms with Gasteiger partial charge in [0.05, 0.1) is 11.0 Å². The maximum Gasteiger partial charge on any atom is 0.291 e. The number of carbonyl (C=O) groups is 3. The molecule has 26 heavy (non-hydrogen) atoms. The van der Waals surface area contributed by atoms with Crippen molar-refractivity contribution in [3.63, 3.8) is 0 Å². The second-order valence-electron chi connectivity index (χ2n) is 7.54. The van der Waals surface area contributed by atoms with Crippen LogP contribution in [0.25, 0.3) is 11.0 Å². The van der Waals surface area contributed by atoms with Crippen LogP contribution in [-0.2, 0) is 9.59 Å². The van der Waals surface area contributed by atoms with Crippen molar-refractivity contribution in [3.8, 4) is 0 Å². The summed E-state index contributed by atoms with van der Waals surface area (Å²) in [7, 11) is 0. The minimum absolute atomic E-state index is 0.191. The maximum atomic E-state index is 13.2. The van der Waals surface area contributed by atoms with Crippen LogP contribution in [0.3, 0.4) is 0 Å². The zero-order chi connectivity index (χ0) is 19.1. The normalized spacial score (nSPS) is 17.7. The highest BCUT2D eigenvalue weighted by atomic mass is 16.2. The van der Waals surface area contributed by atoms with Gasteiger partial charge in [0.25, 0.3) is 11.8 Å². The van der Waals surface area contributed by atoms with Crippen molar-refractivity contribution in [3.05, 3.63) is 30.1 Å². The third kappa shape index (κ3) is 2.93. The van der Waals surface area contributed by atoms with Crippen LogP contribution in [0.2, 0.25) is 0 Å². The number of rotatable bonds is 4. The number of imidazole rings is 1. The Bertz CT molecular complexity index is 882. The van der Waals surface area contributed by atoms with Crippen LogP contribution in [0.4, 0.5) is 0 Å². The van der Waals surface area contributed by atoms with Crippen LogP contribution < -0.4 is 0 Å². The molecule has 0 radical (unpaired) electrons. The molecule has 1 saturated heterocycles. The summed E-state index contributed by atoms with van der Waals surface area (Å²) in [6.45, 7) is 7.65. The van der Waals surface area contributed by atoms with E-state index in [-0.39, 0.29) is 5.91 Å². The van der Waals surface area contributed by atoms with E-state index in [1.54, 1.807) is 25.3 Å². The average Bonchev–Trinajstić information content (AvgIpc) is 3.23. The first-order chi connectivity index (χ1) is 12.3. The summed E-state index contributed by atoms with van der Waals surface area (Å²) in [6.07, 6.45) is 1.86. The van der Waals surface area contributed by atoms with Crippen LogP contribution in [0, 0.1) is 12.3 Å². The van der Waals surface area contributed by atoms with E-state index in [1.807, 2.05) is 31.2 Å². The number of hydrogen-bond donors (Lipinski definition) is 0. The number of aryl methyl sites for hydroxylation is 1. The molecule has 0 aliphatic carbocycles. The number of nitrogens with zero attached hydrogens (tertiary/aromatic N) is 3. The summed E-state index contributed by atoms with van der Waals surface area (Å²) in [5.41, 5.74) is 0.761. The van der Waals surface area contributed by atoms with Crippen molar-refractivity contribution in [2.45, 2.75) is 53.0 Å². The second kappa shape index (κ2) is 6.67. The number of hydrogen-bond acceptors (Lipinski definition) is 4. The van der Waals surface area contributed by atoms with Crippen LogP contribution in [-0.4, -0.2) is 44.6 Å². The number of fused-ring (bicyclic) bond motifs is 1. The van der Waals surface area contributed by atoms with Crippen LogP contribution >= 0.6 is 0 Å². The molecule has 3 rings (SSSR count). The lowest BCUT2D eigenvalue weighted by molar-refractivity contribution is -0.149. The molecule has 1 aliphatic heterocycles. The average molecular weight is 355 g/mol. The molecule has 0 N–H and O–H groups in total. The Kier molecular flexibility index (Phi) is 4.69. The van der Waals surface area contributed by atoms with Crippen molar-refractivity contribution in [1.29, 1.82) is 0 Å². The van der Waals surface area contributed by atoms with Gasteiger partial charge in [0, 0.05) is 12.0 Å². The third-order valence-electron chi connectivity index (χ3n) is 5.44. The Balaban J connectivity index is 1.93. The molecule has 1 unspecified atom stereocenters. The summed E-state index contributed by atoms with van der Waals surface area (Å²) < 4.78 is 1.57. The van der Waals surface area contributed by atoms with Crippen molar-refractivity contribution in [1.82, 2.24) is 14.5 Å². The lowest BCUT2D eigenvalue weighted by atomic mass is 9.84. The van der Waals surface area contributed by atoms with Gasteiger partial charge in [0.2, 0.25) is 5.78 Å². The van der Waals surface area contributed by atoms with Gasteiger partial charge in [-0.1, -0.05) is 32.9 Å². The van der Waals surface area contributed by atoms with E-state index in [2.05, 4.69) is 4.98 Å². The predicted octanol–water partition coefficient (Wildman–Crippen LogP) is 2.98. The van der Waals surface area contributed by atoms with E-state index in [9.17, 15) is 14.4 Å². The number of Topliss-reactive ketones (excluding diaryl/α,β-unsaturated/α-hetero) is 1. The number of benzene rings is 1. The van der Waals surface area contributed by atoms with E-state index in [4.69, 9.17) is 0 Å². The number of amides is 1. The molecule has 6 nitrogen and oxygen atoms in total. The zero-order valence-electron chi connectivity index (χ0n) is 15.8. The largest absolute Gasteiger partial charge is 0.324 e. The van der Waals surface area contributed by atoms with Crippen molar-refractivity contribution < 1.29 is 14.4 Å². The van der Waals surface area contributed by atoms with E-state index in [0.717, 1.165) is 11.0 Å². The lowest BCUT2D eigenvalue weighted by Gasteiger charge is -2.27. The minimum atomic E-state index is -0.717.